The average molecular weight is 450 g/mol. The number of carbonyl (C=O) groups excluding carboxylic acids is 1. The van der Waals surface area contributed by atoms with E-state index in [4.69, 9.17) is 9.72 Å². The number of hydrogen-bond donors (Lipinski definition) is 0. The quantitative estimate of drug-likeness (QED) is 0.544. The normalized spacial score (nSPS) is 14.3. The van der Waals surface area contributed by atoms with Gasteiger partial charge in [-0.25, -0.2) is 9.67 Å². The lowest BCUT2D eigenvalue weighted by molar-refractivity contribution is -0.130. The van der Waals surface area contributed by atoms with Crippen molar-refractivity contribution in [3.63, 3.8) is 0 Å². The molecule has 3 aromatic rings. The number of amides is 1. The van der Waals surface area contributed by atoms with Crippen molar-refractivity contribution >= 4 is 22.6 Å². The van der Waals surface area contributed by atoms with Crippen molar-refractivity contribution in [3.05, 3.63) is 52.8 Å². The molecule has 0 unspecified atom stereocenters. The maximum absolute atomic E-state index is 13.0. The Morgan fingerprint density at radius 3 is 2.64 bits per heavy atom. The Morgan fingerprint density at radius 2 is 1.91 bits per heavy atom. The zero-order valence-corrected chi connectivity index (χ0v) is 20.5. The topological polar surface area (TPSA) is 63.5 Å². The predicted octanol–water partition coefficient (Wildman–Crippen LogP) is 4.06. The number of rotatable bonds is 7. The van der Waals surface area contributed by atoms with Crippen molar-refractivity contribution in [3.8, 4) is 0 Å². The molecule has 33 heavy (non-hydrogen) atoms. The highest BCUT2D eigenvalue weighted by Gasteiger charge is 2.19. The Kier molecular flexibility index (Phi) is 6.98. The van der Waals surface area contributed by atoms with Gasteiger partial charge in [0.05, 0.1) is 19.4 Å². The van der Waals surface area contributed by atoms with Gasteiger partial charge in [0.1, 0.15) is 0 Å². The van der Waals surface area contributed by atoms with Crippen LogP contribution in [-0.4, -0.2) is 58.9 Å². The van der Waals surface area contributed by atoms with E-state index in [0.717, 1.165) is 48.6 Å². The molecule has 1 aliphatic rings. The van der Waals surface area contributed by atoms with Crippen LogP contribution in [0.15, 0.2) is 30.5 Å². The summed E-state index contributed by atoms with van der Waals surface area (Å²) < 4.78 is 7.46. The van der Waals surface area contributed by atoms with Gasteiger partial charge in [0.2, 0.25) is 5.91 Å². The first kappa shape index (κ1) is 23.2. The van der Waals surface area contributed by atoms with E-state index in [1.807, 2.05) is 35.8 Å². The van der Waals surface area contributed by atoms with Gasteiger partial charge in [0.25, 0.3) is 0 Å². The van der Waals surface area contributed by atoms with Gasteiger partial charge in [-0.2, -0.15) is 5.10 Å². The van der Waals surface area contributed by atoms with Crippen LogP contribution in [0.2, 0.25) is 0 Å². The summed E-state index contributed by atoms with van der Waals surface area (Å²) in [5, 5.41) is 5.60. The molecule has 2 aromatic heterocycles. The number of ether oxygens (including phenoxy) is 1. The maximum Gasteiger partial charge on any atom is 0.222 e. The summed E-state index contributed by atoms with van der Waals surface area (Å²) in [7, 11) is 1.90. The Bertz CT molecular complexity index is 1130. The summed E-state index contributed by atoms with van der Waals surface area (Å²) in [4.78, 5) is 22.1. The van der Waals surface area contributed by atoms with Crippen LogP contribution in [0.3, 0.4) is 0 Å². The van der Waals surface area contributed by atoms with E-state index in [9.17, 15) is 4.79 Å². The zero-order chi connectivity index (χ0) is 23.5. The molecule has 0 radical (unpaired) electrons. The van der Waals surface area contributed by atoms with E-state index in [1.54, 1.807) is 0 Å². The van der Waals surface area contributed by atoms with Crippen LogP contribution in [0.4, 0.5) is 5.69 Å². The molecule has 7 heteroatoms. The second kappa shape index (κ2) is 9.91. The molecule has 0 N–H and O–H groups in total. The van der Waals surface area contributed by atoms with Crippen molar-refractivity contribution in [1.82, 2.24) is 19.7 Å². The van der Waals surface area contributed by atoms with Crippen molar-refractivity contribution < 1.29 is 9.53 Å². The van der Waals surface area contributed by atoms with Crippen LogP contribution in [-0.2, 0) is 22.5 Å². The third kappa shape index (κ3) is 4.88. The Hall–Kier alpha value is -2.93. The van der Waals surface area contributed by atoms with E-state index >= 15 is 0 Å². The molecule has 0 aliphatic carbocycles. The van der Waals surface area contributed by atoms with Crippen LogP contribution in [0.25, 0.3) is 11.0 Å². The van der Waals surface area contributed by atoms with Crippen LogP contribution < -0.4 is 4.90 Å². The van der Waals surface area contributed by atoms with Gasteiger partial charge < -0.3 is 14.5 Å². The molecule has 1 amide bonds. The minimum atomic E-state index is 0.142. The van der Waals surface area contributed by atoms with E-state index in [2.05, 4.69) is 49.0 Å². The van der Waals surface area contributed by atoms with Crippen molar-refractivity contribution in [2.45, 2.75) is 53.1 Å². The molecule has 0 spiro atoms. The molecule has 176 valence electrons. The lowest BCUT2D eigenvalue weighted by Gasteiger charge is -2.31. The number of pyridine rings is 1. The fraction of sp³-hybridized carbons (Fsp3) is 0.500. The Morgan fingerprint density at radius 1 is 1.18 bits per heavy atom. The molecular weight excluding hydrogens is 414 g/mol. The highest BCUT2D eigenvalue weighted by molar-refractivity contribution is 5.81. The van der Waals surface area contributed by atoms with Gasteiger partial charge in [0.15, 0.2) is 5.65 Å². The molecule has 7 nitrogen and oxygen atoms in total. The fourth-order valence-corrected chi connectivity index (χ4v) is 4.66. The number of aryl methyl sites for hydroxylation is 2. The average Bonchev–Trinajstić information content (AvgIpc) is 3.24. The number of benzene rings is 1. The largest absolute Gasteiger partial charge is 0.378 e. The van der Waals surface area contributed by atoms with Gasteiger partial charge in [-0.3, -0.25) is 4.79 Å². The van der Waals surface area contributed by atoms with Crippen LogP contribution in [0, 0.1) is 13.8 Å². The number of para-hydroxylation sites is 1. The van der Waals surface area contributed by atoms with Gasteiger partial charge in [0, 0.05) is 55.9 Å². The van der Waals surface area contributed by atoms with Crippen molar-refractivity contribution in [2.24, 2.45) is 0 Å². The summed E-state index contributed by atoms with van der Waals surface area (Å²) in [5.41, 5.74) is 6.61. The number of morpholine rings is 1. The van der Waals surface area contributed by atoms with Gasteiger partial charge >= 0.3 is 0 Å². The molecule has 0 atom stereocenters. The first-order chi connectivity index (χ1) is 15.9. The van der Waals surface area contributed by atoms with Gasteiger partial charge in [-0.05, 0) is 56.9 Å². The zero-order valence-electron chi connectivity index (χ0n) is 20.5. The molecule has 1 saturated heterocycles. The molecule has 1 fully saturated rings. The molecule has 0 saturated carbocycles. The SMILES string of the molecule is Cc1nc2c(cnn2C(C)C)c(C)c1CCC(=O)N(C)Cc1ccccc1N1CCOCC1. The van der Waals surface area contributed by atoms with E-state index in [1.165, 1.54) is 16.8 Å². The predicted molar refractivity (Wildman–Crippen MR) is 132 cm³/mol. The van der Waals surface area contributed by atoms with Crippen molar-refractivity contribution in [1.29, 1.82) is 0 Å². The number of carbonyl (C=O) groups is 1. The summed E-state index contributed by atoms with van der Waals surface area (Å²) >= 11 is 0. The van der Waals surface area contributed by atoms with Gasteiger partial charge in [-0.15, -0.1) is 0 Å². The molecule has 3 heterocycles. The van der Waals surface area contributed by atoms with E-state index in [0.29, 0.717) is 19.4 Å². The molecule has 4 rings (SSSR count). The number of aromatic nitrogens is 3. The minimum Gasteiger partial charge on any atom is -0.378 e. The highest BCUT2D eigenvalue weighted by Crippen LogP contribution is 2.26. The minimum absolute atomic E-state index is 0.142. The van der Waals surface area contributed by atoms with E-state index in [-0.39, 0.29) is 11.9 Å². The third-order valence-electron chi connectivity index (χ3n) is 6.59. The standard InChI is InChI=1S/C26H35N5O2/c1-18(2)31-26-23(16-27-31)19(3)22(20(4)28-26)10-11-25(32)29(5)17-21-8-6-7-9-24(21)30-12-14-33-15-13-30/h6-9,16,18H,10-15,17H2,1-5H3. The second-order valence-corrected chi connectivity index (χ2v) is 9.20. The molecule has 1 aromatic carbocycles. The lowest BCUT2D eigenvalue weighted by atomic mass is 10.00. The summed E-state index contributed by atoms with van der Waals surface area (Å²) in [6.07, 6.45) is 3.04. The van der Waals surface area contributed by atoms with Crippen LogP contribution in [0.5, 0.6) is 0 Å². The maximum atomic E-state index is 13.0. The summed E-state index contributed by atoms with van der Waals surface area (Å²) in [6.45, 7) is 12.2. The van der Waals surface area contributed by atoms with E-state index < -0.39 is 0 Å². The monoisotopic (exact) mass is 449 g/mol. The van der Waals surface area contributed by atoms with Crippen molar-refractivity contribution in [2.75, 3.05) is 38.3 Å². The Labute approximate surface area is 196 Å². The smallest absolute Gasteiger partial charge is 0.222 e. The number of anilines is 1. The lowest BCUT2D eigenvalue weighted by Crippen LogP contribution is -2.37. The first-order valence-corrected chi connectivity index (χ1v) is 11.8. The summed E-state index contributed by atoms with van der Waals surface area (Å²) in [6, 6.07) is 8.63. The second-order valence-electron chi connectivity index (χ2n) is 9.20. The highest BCUT2D eigenvalue weighted by atomic mass is 16.5. The number of hydrogen-bond acceptors (Lipinski definition) is 5. The Balaban J connectivity index is 1.45. The number of fused-ring (bicyclic) bond motifs is 1. The van der Waals surface area contributed by atoms with Crippen LogP contribution >= 0.6 is 0 Å². The molecular formula is C26H35N5O2. The number of nitrogens with zero attached hydrogens (tertiary/aromatic N) is 5. The van der Waals surface area contributed by atoms with Gasteiger partial charge in [-0.1, -0.05) is 18.2 Å². The molecule has 0 bridgehead atoms. The molecule has 1 aliphatic heterocycles. The van der Waals surface area contributed by atoms with Crippen LogP contribution in [0.1, 0.15) is 48.7 Å². The summed E-state index contributed by atoms with van der Waals surface area (Å²) in [5.74, 6) is 0.142. The first-order valence-electron chi connectivity index (χ1n) is 11.8. The fourth-order valence-electron chi connectivity index (χ4n) is 4.66. The third-order valence-corrected chi connectivity index (χ3v) is 6.59.